The van der Waals surface area contributed by atoms with E-state index in [0.29, 0.717) is 34.3 Å². The molecule has 0 aliphatic heterocycles. The van der Waals surface area contributed by atoms with Gasteiger partial charge in [0.1, 0.15) is 18.1 Å². The predicted molar refractivity (Wildman–Crippen MR) is 90.9 cm³/mol. The van der Waals surface area contributed by atoms with E-state index in [2.05, 4.69) is 5.16 Å². The van der Waals surface area contributed by atoms with Crippen LogP contribution in [-0.4, -0.2) is 32.5 Å². The second-order valence-corrected chi connectivity index (χ2v) is 5.19. The molecule has 1 aromatic carbocycles. The number of rotatable bonds is 7. The summed E-state index contributed by atoms with van der Waals surface area (Å²) < 4.78 is 26.0. The maximum absolute atomic E-state index is 12.0. The van der Waals surface area contributed by atoms with Gasteiger partial charge < -0.3 is 23.5 Å². The topological polar surface area (TPSA) is 80.0 Å². The zero-order valence-corrected chi connectivity index (χ0v) is 14.9. The van der Waals surface area contributed by atoms with E-state index < -0.39 is 5.97 Å². The van der Waals surface area contributed by atoms with Crippen LogP contribution in [0.2, 0.25) is 0 Å². The summed E-state index contributed by atoms with van der Waals surface area (Å²) in [7, 11) is 4.61. The molecule has 0 amide bonds. The van der Waals surface area contributed by atoms with Crippen LogP contribution in [0.15, 0.2) is 22.7 Å². The minimum atomic E-state index is -0.489. The number of carbonyl (C=O) groups excluding carboxylic acids is 1. The van der Waals surface area contributed by atoms with E-state index in [-0.39, 0.29) is 6.61 Å². The lowest BCUT2D eigenvalue weighted by Gasteiger charge is -2.12. The van der Waals surface area contributed by atoms with Crippen molar-refractivity contribution in [2.24, 2.45) is 0 Å². The number of methoxy groups -OCH3 is 3. The van der Waals surface area contributed by atoms with Gasteiger partial charge in [-0.05, 0) is 26.0 Å². The third-order valence-electron chi connectivity index (χ3n) is 3.67. The lowest BCUT2D eigenvalue weighted by atomic mass is 10.1. The maximum Gasteiger partial charge on any atom is 0.331 e. The molecular formula is C18H21NO6. The Morgan fingerprint density at radius 2 is 1.72 bits per heavy atom. The molecule has 1 heterocycles. The molecule has 0 spiro atoms. The van der Waals surface area contributed by atoms with Gasteiger partial charge >= 0.3 is 5.97 Å². The van der Waals surface area contributed by atoms with Crippen molar-refractivity contribution < 1.29 is 28.3 Å². The number of ether oxygens (including phenoxy) is 4. The zero-order valence-electron chi connectivity index (χ0n) is 14.9. The second-order valence-electron chi connectivity index (χ2n) is 5.19. The van der Waals surface area contributed by atoms with E-state index in [1.165, 1.54) is 20.3 Å². The highest BCUT2D eigenvalue weighted by Crippen LogP contribution is 2.35. The number of nitrogens with zero attached hydrogens (tertiary/aromatic N) is 1. The maximum atomic E-state index is 12.0. The van der Waals surface area contributed by atoms with E-state index in [1.807, 2.05) is 0 Å². The van der Waals surface area contributed by atoms with E-state index in [9.17, 15) is 4.79 Å². The summed E-state index contributed by atoms with van der Waals surface area (Å²) in [6.07, 6.45) is 2.92. The van der Waals surface area contributed by atoms with Crippen LogP contribution in [0.3, 0.4) is 0 Å². The van der Waals surface area contributed by atoms with E-state index in [0.717, 1.165) is 5.56 Å². The number of hydrogen-bond acceptors (Lipinski definition) is 7. The Bertz CT molecular complexity index is 759. The third-order valence-corrected chi connectivity index (χ3v) is 3.67. The molecule has 2 rings (SSSR count). The molecule has 25 heavy (non-hydrogen) atoms. The number of benzene rings is 1. The first-order valence-corrected chi connectivity index (χ1v) is 7.56. The van der Waals surface area contributed by atoms with Gasteiger partial charge in [-0.25, -0.2) is 4.79 Å². The third kappa shape index (κ3) is 4.32. The number of carbonyl (C=O) groups is 1. The van der Waals surface area contributed by atoms with Crippen LogP contribution in [0.1, 0.15) is 22.6 Å². The largest absolute Gasteiger partial charge is 0.496 e. The Labute approximate surface area is 146 Å². The summed E-state index contributed by atoms with van der Waals surface area (Å²) in [5, 5.41) is 3.82. The molecular weight excluding hydrogens is 326 g/mol. The molecule has 0 saturated carbocycles. The number of hydrogen-bond donors (Lipinski definition) is 0. The van der Waals surface area contributed by atoms with Gasteiger partial charge in [0.05, 0.1) is 32.6 Å². The molecule has 1 aromatic heterocycles. The highest BCUT2D eigenvalue weighted by molar-refractivity contribution is 5.87. The monoisotopic (exact) mass is 347 g/mol. The molecule has 0 saturated heterocycles. The summed E-state index contributed by atoms with van der Waals surface area (Å²) in [6, 6.07) is 3.41. The summed E-state index contributed by atoms with van der Waals surface area (Å²) in [5.74, 6) is 1.77. The van der Waals surface area contributed by atoms with Crippen molar-refractivity contribution in [2.45, 2.75) is 20.5 Å². The fourth-order valence-corrected chi connectivity index (χ4v) is 2.24. The van der Waals surface area contributed by atoms with Gasteiger partial charge in [-0.3, -0.25) is 0 Å². The van der Waals surface area contributed by atoms with E-state index >= 15 is 0 Å². The Kier molecular flexibility index (Phi) is 6.05. The standard InChI is InChI=1S/C18H21NO6/c1-11-14(12(2)25-19-11)10-24-18(20)7-6-13-8-16(22-4)17(23-5)9-15(13)21-3/h6-9H,10H2,1-5H3. The van der Waals surface area contributed by atoms with Crippen molar-refractivity contribution in [1.29, 1.82) is 0 Å². The number of aryl methyl sites for hydroxylation is 2. The van der Waals surface area contributed by atoms with Gasteiger partial charge in [0, 0.05) is 17.7 Å². The lowest BCUT2D eigenvalue weighted by Crippen LogP contribution is -2.02. The molecule has 0 unspecified atom stereocenters. The molecule has 0 fully saturated rings. The molecule has 7 nitrogen and oxygen atoms in total. The molecule has 0 bridgehead atoms. The number of aromatic nitrogens is 1. The molecule has 0 aliphatic rings. The average molecular weight is 347 g/mol. The van der Waals surface area contributed by atoms with Crippen LogP contribution in [0.5, 0.6) is 17.2 Å². The summed E-state index contributed by atoms with van der Waals surface area (Å²) in [6.45, 7) is 3.67. The smallest absolute Gasteiger partial charge is 0.331 e. The number of esters is 1. The minimum Gasteiger partial charge on any atom is -0.496 e. The predicted octanol–water partition coefficient (Wildman–Crippen LogP) is 3.07. The molecule has 0 N–H and O–H groups in total. The zero-order chi connectivity index (χ0) is 18.4. The van der Waals surface area contributed by atoms with Gasteiger partial charge in [-0.2, -0.15) is 0 Å². The Morgan fingerprint density at radius 3 is 2.28 bits per heavy atom. The summed E-state index contributed by atoms with van der Waals surface area (Å²) >= 11 is 0. The van der Waals surface area contributed by atoms with Gasteiger partial charge in [-0.15, -0.1) is 0 Å². The molecule has 7 heteroatoms. The van der Waals surface area contributed by atoms with Crippen LogP contribution in [-0.2, 0) is 16.1 Å². The molecule has 2 aromatic rings. The van der Waals surface area contributed by atoms with Crippen molar-refractivity contribution in [3.63, 3.8) is 0 Å². The SMILES string of the molecule is COc1cc(OC)c(OC)cc1C=CC(=O)OCc1c(C)noc1C. The average Bonchev–Trinajstić information content (AvgIpc) is 2.95. The van der Waals surface area contributed by atoms with Gasteiger partial charge in [0.25, 0.3) is 0 Å². The summed E-state index contributed by atoms with van der Waals surface area (Å²) in [5.41, 5.74) is 2.13. The Hall–Kier alpha value is -2.96. The molecule has 0 radical (unpaired) electrons. The van der Waals surface area contributed by atoms with Crippen LogP contribution in [0.4, 0.5) is 0 Å². The van der Waals surface area contributed by atoms with E-state index in [4.69, 9.17) is 23.5 Å². The molecule has 134 valence electrons. The lowest BCUT2D eigenvalue weighted by molar-refractivity contribution is -0.138. The highest BCUT2D eigenvalue weighted by Gasteiger charge is 2.12. The molecule has 0 aliphatic carbocycles. The fraction of sp³-hybridized carbons (Fsp3) is 0.333. The van der Waals surface area contributed by atoms with E-state index in [1.54, 1.807) is 39.2 Å². The first-order chi connectivity index (χ1) is 12.0. The quantitative estimate of drug-likeness (QED) is 0.562. The first kappa shape index (κ1) is 18.4. The van der Waals surface area contributed by atoms with Crippen molar-refractivity contribution in [3.05, 3.63) is 40.8 Å². The minimum absolute atomic E-state index is 0.105. The van der Waals surface area contributed by atoms with Crippen LogP contribution in [0, 0.1) is 13.8 Å². The fourth-order valence-electron chi connectivity index (χ4n) is 2.24. The van der Waals surface area contributed by atoms with Crippen LogP contribution >= 0.6 is 0 Å². The van der Waals surface area contributed by atoms with Gasteiger partial charge in [0.2, 0.25) is 0 Å². The van der Waals surface area contributed by atoms with Crippen molar-refractivity contribution in [3.8, 4) is 17.2 Å². The summed E-state index contributed by atoms with van der Waals surface area (Å²) in [4.78, 5) is 12.0. The second kappa shape index (κ2) is 8.23. The van der Waals surface area contributed by atoms with Gasteiger partial charge in [-0.1, -0.05) is 5.16 Å². The first-order valence-electron chi connectivity index (χ1n) is 7.56. The van der Waals surface area contributed by atoms with Crippen LogP contribution < -0.4 is 14.2 Å². The van der Waals surface area contributed by atoms with Crippen molar-refractivity contribution in [2.75, 3.05) is 21.3 Å². The van der Waals surface area contributed by atoms with Gasteiger partial charge in [0.15, 0.2) is 11.5 Å². The normalized spacial score (nSPS) is 10.8. The van der Waals surface area contributed by atoms with Crippen molar-refractivity contribution in [1.82, 2.24) is 5.16 Å². The molecule has 0 atom stereocenters. The Balaban J connectivity index is 2.11. The Morgan fingerprint density at radius 1 is 1.08 bits per heavy atom. The highest BCUT2D eigenvalue weighted by atomic mass is 16.5. The van der Waals surface area contributed by atoms with Crippen molar-refractivity contribution >= 4 is 12.0 Å². The van der Waals surface area contributed by atoms with Crippen LogP contribution in [0.25, 0.3) is 6.08 Å².